The minimum Gasteiger partial charge on any atom is -0.423 e. The predicted octanol–water partition coefficient (Wildman–Crippen LogP) is 4.67. The number of aliphatic imine (C=N–C) groups is 1. The van der Waals surface area contributed by atoms with Crippen LogP contribution in [0, 0.1) is 17.1 Å². The molecule has 0 aliphatic rings. The van der Waals surface area contributed by atoms with Crippen molar-refractivity contribution in [2.75, 3.05) is 0 Å². The average molecular weight is 344 g/mol. The number of carbonyl (C=O) groups excluding carboxylic acids is 1. The standard InChI is InChI=1S/C21H13FN2O2/c22-18-7-9-19(10-8-18)24-14-16-1-5-17(6-2-16)21(25)26-20-11-3-15(13-23)4-12-20/h1-12,14H. The summed E-state index contributed by atoms with van der Waals surface area (Å²) in [6, 6.07) is 20.9. The van der Waals surface area contributed by atoms with Crippen molar-refractivity contribution in [2.24, 2.45) is 4.99 Å². The van der Waals surface area contributed by atoms with Crippen LogP contribution < -0.4 is 4.74 Å². The molecule has 0 aromatic heterocycles. The molecule has 0 unspecified atom stereocenters. The van der Waals surface area contributed by atoms with E-state index in [1.165, 1.54) is 12.1 Å². The van der Waals surface area contributed by atoms with Crippen molar-refractivity contribution in [3.8, 4) is 11.8 Å². The fourth-order valence-electron chi connectivity index (χ4n) is 2.14. The zero-order valence-electron chi connectivity index (χ0n) is 13.6. The lowest BCUT2D eigenvalue weighted by Gasteiger charge is -2.04. The van der Waals surface area contributed by atoms with Gasteiger partial charge < -0.3 is 4.74 Å². The monoisotopic (exact) mass is 344 g/mol. The first-order chi connectivity index (χ1) is 12.6. The van der Waals surface area contributed by atoms with Crippen molar-refractivity contribution in [1.29, 1.82) is 5.26 Å². The molecular weight excluding hydrogens is 331 g/mol. The zero-order valence-corrected chi connectivity index (χ0v) is 13.6. The first-order valence-corrected chi connectivity index (χ1v) is 7.76. The van der Waals surface area contributed by atoms with Crippen LogP contribution in [-0.2, 0) is 0 Å². The van der Waals surface area contributed by atoms with Crippen LogP contribution in [-0.4, -0.2) is 12.2 Å². The Kier molecular flexibility index (Phi) is 5.16. The molecule has 0 saturated heterocycles. The number of benzene rings is 3. The molecule has 0 heterocycles. The summed E-state index contributed by atoms with van der Waals surface area (Å²) in [5.41, 5.74) is 2.32. The maximum Gasteiger partial charge on any atom is 0.343 e. The molecule has 0 N–H and O–H groups in total. The number of carbonyl (C=O) groups is 1. The normalized spacial score (nSPS) is 10.5. The largest absolute Gasteiger partial charge is 0.423 e. The quantitative estimate of drug-likeness (QED) is 0.393. The van der Waals surface area contributed by atoms with Gasteiger partial charge >= 0.3 is 5.97 Å². The van der Waals surface area contributed by atoms with Gasteiger partial charge in [0.25, 0.3) is 0 Å². The summed E-state index contributed by atoms with van der Waals surface area (Å²) in [6.45, 7) is 0. The molecule has 0 aliphatic heterocycles. The van der Waals surface area contributed by atoms with E-state index in [-0.39, 0.29) is 5.82 Å². The molecule has 0 radical (unpaired) electrons. The van der Waals surface area contributed by atoms with Crippen LogP contribution in [0.3, 0.4) is 0 Å². The summed E-state index contributed by atoms with van der Waals surface area (Å²) in [5.74, 6) is -0.429. The van der Waals surface area contributed by atoms with Crippen LogP contribution in [0.25, 0.3) is 0 Å². The molecule has 4 nitrogen and oxygen atoms in total. The Morgan fingerprint density at radius 1 is 0.962 bits per heavy atom. The molecule has 0 saturated carbocycles. The van der Waals surface area contributed by atoms with Crippen LogP contribution in [0.2, 0.25) is 0 Å². The Bertz CT molecular complexity index is 971. The number of ether oxygens (including phenoxy) is 1. The minimum atomic E-state index is -0.489. The van der Waals surface area contributed by atoms with E-state index in [1.54, 1.807) is 66.9 Å². The Morgan fingerprint density at radius 3 is 2.23 bits per heavy atom. The van der Waals surface area contributed by atoms with E-state index in [1.807, 2.05) is 6.07 Å². The fraction of sp³-hybridized carbons (Fsp3) is 0. The summed E-state index contributed by atoms with van der Waals surface area (Å²) < 4.78 is 18.1. The molecule has 0 spiro atoms. The van der Waals surface area contributed by atoms with Crippen LogP contribution in [0.15, 0.2) is 77.8 Å². The molecule has 5 heteroatoms. The van der Waals surface area contributed by atoms with Crippen LogP contribution >= 0.6 is 0 Å². The van der Waals surface area contributed by atoms with Crippen LogP contribution in [0.4, 0.5) is 10.1 Å². The number of nitrogens with zero attached hydrogens (tertiary/aromatic N) is 2. The predicted molar refractivity (Wildman–Crippen MR) is 96.2 cm³/mol. The van der Waals surface area contributed by atoms with Gasteiger partial charge in [-0.3, -0.25) is 4.99 Å². The number of hydrogen-bond donors (Lipinski definition) is 0. The Hall–Kier alpha value is -3.78. The van der Waals surface area contributed by atoms with Crippen molar-refractivity contribution in [1.82, 2.24) is 0 Å². The van der Waals surface area contributed by atoms with Crippen LogP contribution in [0.1, 0.15) is 21.5 Å². The number of nitriles is 1. The molecule has 0 amide bonds. The van der Waals surface area contributed by atoms with Gasteiger partial charge in [0.15, 0.2) is 0 Å². The molecule has 126 valence electrons. The third-order valence-electron chi connectivity index (χ3n) is 3.53. The smallest absolute Gasteiger partial charge is 0.343 e. The maximum atomic E-state index is 12.9. The molecule has 26 heavy (non-hydrogen) atoms. The second-order valence-corrected chi connectivity index (χ2v) is 5.38. The molecule has 0 bridgehead atoms. The number of hydrogen-bond acceptors (Lipinski definition) is 4. The van der Waals surface area contributed by atoms with Gasteiger partial charge in [0.1, 0.15) is 11.6 Å². The van der Waals surface area contributed by atoms with Crippen molar-refractivity contribution in [3.05, 3.63) is 95.3 Å². The maximum absolute atomic E-state index is 12.9. The van der Waals surface area contributed by atoms with E-state index >= 15 is 0 Å². The van der Waals surface area contributed by atoms with Crippen molar-refractivity contribution >= 4 is 17.9 Å². The van der Waals surface area contributed by atoms with E-state index in [2.05, 4.69) is 4.99 Å². The van der Waals surface area contributed by atoms with E-state index in [4.69, 9.17) is 10.00 Å². The molecule has 3 aromatic rings. The number of rotatable bonds is 4. The second kappa shape index (κ2) is 7.86. The zero-order chi connectivity index (χ0) is 18.4. The highest BCUT2D eigenvalue weighted by molar-refractivity contribution is 5.92. The van der Waals surface area contributed by atoms with Gasteiger partial charge in [-0.05, 0) is 66.2 Å². The lowest BCUT2D eigenvalue weighted by Crippen LogP contribution is -2.08. The van der Waals surface area contributed by atoms with E-state index in [0.29, 0.717) is 22.6 Å². The Morgan fingerprint density at radius 2 is 1.62 bits per heavy atom. The van der Waals surface area contributed by atoms with Crippen molar-refractivity contribution < 1.29 is 13.9 Å². The van der Waals surface area contributed by atoms with Gasteiger partial charge in [0, 0.05) is 6.21 Å². The highest BCUT2D eigenvalue weighted by atomic mass is 19.1. The van der Waals surface area contributed by atoms with E-state index in [0.717, 1.165) is 5.56 Å². The number of halogens is 1. The molecular formula is C21H13FN2O2. The van der Waals surface area contributed by atoms with Gasteiger partial charge in [-0.25, -0.2) is 9.18 Å². The summed E-state index contributed by atoms with van der Waals surface area (Å²) >= 11 is 0. The minimum absolute atomic E-state index is 0.311. The van der Waals surface area contributed by atoms with Crippen LogP contribution in [0.5, 0.6) is 5.75 Å². The first kappa shape index (κ1) is 17.1. The van der Waals surface area contributed by atoms with E-state index in [9.17, 15) is 9.18 Å². The van der Waals surface area contributed by atoms with E-state index < -0.39 is 5.97 Å². The van der Waals surface area contributed by atoms with Gasteiger partial charge in [0.05, 0.1) is 22.9 Å². The Labute approximate surface area is 149 Å². The van der Waals surface area contributed by atoms with Gasteiger partial charge in [0.2, 0.25) is 0 Å². The van der Waals surface area contributed by atoms with Gasteiger partial charge in [-0.15, -0.1) is 0 Å². The summed E-state index contributed by atoms with van der Waals surface area (Å²) in [6.07, 6.45) is 1.63. The summed E-state index contributed by atoms with van der Waals surface area (Å²) in [5, 5.41) is 8.76. The van der Waals surface area contributed by atoms with Crippen molar-refractivity contribution in [3.63, 3.8) is 0 Å². The van der Waals surface area contributed by atoms with Crippen molar-refractivity contribution in [2.45, 2.75) is 0 Å². The lowest BCUT2D eigenvalue weighted by molar-refractivity contribution is 0.0735. The van der Waals surface area contributed by atoms with Gasteiger partial charge in [-0.2, -0.15) is 5.26 Å². The molecule has 0 fully saturated rings. The average Bonchev–Trinajstić information content (AvgIpc) is 2.68. The molecule has 3 rings (SSSR count). The SMILES string of the molecule is N#Cc1ccc(OC(=O)c2ccc(C=Nc3ccc(F)cc3)cc2)cc1. The highest BCUT2D eigenvalue weighted by Gasteiger charge is 2.08. The summed E-state index contributed by atoms with van der Waals surface area (Å²) in [7, 11) is 0. The highest BCUT2D eigenvalue weighted by Crippen LogP contribution is 2.15. The third-order valence-corrected chi connectivity index (χ3v) is 3.53. The Balaban J connectivity index is 1.65. The number of esters is 1. The third kappa shape index (κ3) is 4.40. The van der Waals surface area contributed by atoms with Gasteiger partial charge in [-0.1, -0.05) is 12.1 Å². The molecule has 0 aliphatic carbocycles. The fourth-order valence-corrected chi connectivity index (χ4v) is 2.14. The summed E-state index contributed by atoms with van der Waals surface area (Å²) in [4.78, 5) is 16.4. The lowest BCUT2D eigenvalue weighted by atomic mass is 10.1. The second-order valence-electron chi connectivity index (χ2n) is 5.38. The topological polar surface area (TPSA) is 62.4 Å². The molecule has 0 atom stereocenters. The first-order valence-electron chi connectivity index (χ1n) is 7.76. The molecule has 3 aromatic carbocycles.